The topological polar surface area (TPSA) is 66.5 Å². The van der Waals surface area contributed by atoms with Gasteiger partial charge in [-0.1, -0.05) is 12.1 Å². The lowest BCUT2D eigenvalue weighted by atomic mass is 10.2. The van der Waals surface area contributed by atoms with E-state index in [9.17, 15) is 4.79 Å². The van der Waals surface area contributed by atoms with Crippen LogP contribution in [0.4, 0.5) is 11.5 Å². The highest BCUT2D eigenvalue weighted by Gasteiger charge is 2.08. The van der Waals surface area contributed by atoms with Gasteiger partial charge in [-0.05, 0) is 58.3 Å². The molecule has 1 aromatic carbocycles. The summed E-state index contributed by atoms with van der Waals surface area (Å²) in [6, 6.07) is 11.1. The summed E-state index contributed by atoms with van der Waals surface area (Å²) in [5.74, 6) is 1.26. The third kappa shape index (κ3) is 6.08. The maximum absolute atomic E-state index is 12.3. The molecule has 1 amide bonds. The average Bonchev–Trinajstić information content (AvgIpc) is 2.60. The first-order valence-corrected chi connectivity index (χ1v) is 8.48. The summed E-state index contributed by atoms with van der Waals surface area (Å²) in [7, 11) is 4.03. The van der Waals surface area contributed by atoms with Gasteiger partial charge in [0.1, 0.15) is 11.6 Å². The highest BCUT2D eigenvalue weighted by Crippen LogP contribution is 2.26. The SMILES string of the molecule is CCOc1ccccc1Nc1cc(C(=O)NCCCN(C)C)ccn1. The second-order valence-electron chi connectivity index (χ2n) is 5.90. The molecule has 0 spiro atoms. The number of para-hydroxylation sites is 2. The van der Waals surface area contributed by atoms with Crippen molar-refractivity contribution in [3.63, 3.8) is 0 Å². The molecule has 2 N–H and O–H groups in total. The Morgan fingerprint density at radius 2 is 2.04 bits per heavy atom. The summed E-state index contributed by atoms with van der Waals surface area (Å²) in [5, 5.41) is 6.14. The Morgan fingerprint density at radius 3 is 2.80 bits per heavy atom. The predicted molar refractivity (Wildman–Crippen MR) is 101 cm³/mol. The van der Waals surface area contributed by atoms with E-state index in [1.807, 2.05) is 45.3 Å². The Labute approximate surface area is 149 Å². The van der Waals surface area contributed by atoms with Crippen LogP contribution in [0.15, 0.2) is 42.6 Å². The van der Waals surface area contributed by atoms with Crippen molar-refractivity contribution >= 4 is 17.4 Å². The number of aromatic nitrogens is 1. The van der Waals surface area contributed by atoms with E-state index >= 15 is 0 Å². The van der Waals surface area contributed by atoms with Crippen molar-refractivity contribution in [3.8, 4) is 5.75 Å². The first kappa shape index (κ1) is 18.7. The van der Waals surface area contributed by atoms with Crippen LogP contribution in [0.2, 0.25) is 0 Å². The number of pyridine rings is 1. The van der Waals surface area contributed by atoms with Crippen LogP contribution in [0.1, 0.15) is 23.7 Å². The normalized spacial score (nSPS) is 10.6. The Balaban J connectivity index is 2.00. The Hall–Kier alpha value is -2.60. The van der Waals surface area contributed by atoms with Gasteiger partial charge in [0.15, 0.2) is 0 Å². The molecule has 0 aliphatic rings. The summed E-state index contributed by atoms with van der Waals surface area (Å²) < 4.78 is 5.60. The fourth-order valence-electron chi connectivity index (χ4n) is 2.33. The second-order valence-corrected chi connectivity index (χ2v) is 5.90. The van der Waals surface area contributed by atoms with Gasteiger partial charge in [0, 0.05) is 18.3 Å². The molecule has 0 saturated heterocycles. The molecular weight excluding hydrogens is 316 g/mol. The minimum Gasteiger partial charge on any atom is -0.492 e. The first-order valence-electron chi connectivity index (χ1n) is 8.48. The molecule has 25 heavy (non-hydrogen) atoms. The molecule has 2 rings (SSSR count). The maximum Gasteiger partial charge on any atom is 0.251 e. The van der Waals surface area contributed by atoms with Gasteiger partial charge in [0.05, 0.1) is 12.3 Å². The summed E-state index contributed by atoms with van der Waals surface area (Å²) >= 11 is 0. The molecule has 6 nitrogen and oxygen atoms in total. The number of ether oxygens (including phenoxy) is 1. The monoisotopic (exact) mass is 342 g/mol. The van der Waals surface area contributed by atoms with Crippen LogP contribution >= 0.6 is 0 Å². The number of carbonyl (C=O) groups is 1. The second kappa shape index (κ2) is 9.64. The number of nitrogens with zero attached hydrogens (tertiary/aromatic N) is 2. The quantitative estimate of drug-likeness (QED) is 0.686. The molecule has 0 radical (unpaired) electrons. The Kier molecular flexibility index (Phi) is 7.22. The summed E-state index contributed by atoms with van der Waals surface area (Å²) in [5.41, 5.74) is 1.40. The van der Waals surface area contributed by atoms with Gasteiger partial charge in [-0.2, -0.15) is 0 Å². The molecule has 0 atom stereocenters. The summed E-state index contributed by atoms with van der Waals surface area (Å²) in [6.45, 7) is 4.12. The van der Waals surface area contributed by atoms with Crippen molar-refractivity contribution in [2.24, 2.45) is 0 Å². The molecule has 0 unspecified atom stereocenters. The van der Waals surface area contributed by atoms with Crippen LogP contribution in [0.25, 0.3) is 0 Å². The molecule has 134 valence electrons. The number of amides is 1. The number of anilines is 2. The zero-order valence-corrected chi connectivity index (χ0v) is 15.1. The van der Waals surface area contributed by atoms with Crippen molar-refractivity contribution < 1.29 is 9.53 Å². The van der Waals surface area contributed by atoms with Crippen LogP contribution in [-0.4, -0.2) is 49.6 Å². The number of hydrogen-bond acceptors (Lipinski definition) is 5. The minimum absolute atomic E-state index is 0.0951. The van der Waals surface area contributed by atoms with Crippen molar-refractivity contribution in [1.82, 2.24) is 15.2 Å². The van der Waals surface area contributed by atoms with Gasteiger partial charge in [-0.3, -0.25) is 4.79 Å². The fraction of sp³-hybridized carbons (Fsp3) is 0.368. The zero-order valence-electron chi connectivity index (χ0n) is 15.1. The fourth-order valence-corrected chi connectivity index (χ4v) is 2.33. The lowest BCUT2D eigenvalue weighted by Gasteiger charge is -2.12. The Bertz CT molecular complexity index is 689. The van der Waals surface area contributed by atoms with Crippen molar-refractivity contribution in [2.45, 2.75) is 13.3 Å². The molecule has 0 bridgehead atoms. The number of nitrogens with one attached hydrogen (secondary N) is 2. The van der Waals surface area contributed by atoms with E-state index in [-0.39, 0.29) is 5.91 Å². The zero-order chi connectivity index (χ0) is 18.1. The maximum atomic E-state index is 12.3. The Morgan fingerprint density at radius 1 is 1.24 bits per heavy atom. The van der Waals surface area contributed by atoms with Gasteiger partial charge in [-0.25, -0.2) is 4.98 Å². The summed E-state index contributed by atoms with van der Waals surface area (Å²) in [6.07, 6.45) is 2.54. The lowest BCUT2D eigenvalue weighted by Crippen LogP contribution is -2.27. The van der Waals surface area contributed by atoms with Gasteiger partial charge in [-0.15, -0.1) is 0 Å². The van der Waals surface area contributed by atoms with E-state index in [1.54, 1.807) is 18.3 Å². The van der Waals surface area contributed by atoms with E-state index in [4.69, 9.17) is 4.74 Å². The number of carbonyl (C=O) groups excluding carboxylic acids is 1. The highest BCUT2D eigenvalue weighted by atomic mass is 16.5. The van der Waals surface area contributed by atoms with Crippen LogP contribution in [0.3, 0.4) is 0 Å². The highest BCUT2D eigenvalue weighted by molar-refractivity contribution is 5.94. The number of hydrogen-bond donors (Lipinski definition) is 2. The molecule has 0 aliphatic carbocycles. The van der Waals surface area contributed by atoms with Crippen molar-refractivity contribution in [3.05, 3.63) is 48.2 Å². The van der Waals surface area contributed by atoms with Gasteiger partial charge >= 0.3 is 0 Å². The lowest BCUT2D eigenvalue weighted by molar-refractivity contribution is 0.0952. The van der Waals surface area contributed by atoms with E-state index < -0.39 is 0 Å². The number of benzene rings is 1. The summed E-state index contributed by atoms with van der Waals surface area (Å²) in [4.78, 5) is 18.6. The molecule has 1 heterocycles. The van der Waals surface area contributed by atoms with E-state index in [2.05, 4.69) is 20.5 Å². The molecule has 6 heteroatoms. The van der Waals surface area contributed by atoms with Gasteiger partial charge in [0.25, 0.3) is 5.91 Å². The standard InChI is InChI=1S/C19H26N4O2/c1-4-25-17-9-6-5-8-16(17)22-18-14-15(10-12-20-18)19(24)21-11-7-13-23(2)3/h5-6,8-10,12,14H,4,7,11,13H2,1-3H3,(H,20,22)(H,21,24). The predicted octanol–water partition coefficient (Wildman–Crippen LogP) is 2.91. The molecule has 0 fully saturated rings. The van der Waals surface area contributed by atoms with Crippen LogP contribution in [-0.2, 0) is 0 Å². The van der Waals surface area contributed by atoms with Crippen LogP contribution in [0, 0.1) is 0 Å². The van der Waals surface area contributed by atoms with Crippen LogP contribution in [0.5, 0.6) is 5.75 Å². The van der Waals surface area contributed by atoms with Gasteiger partial charge < -0.3 is 20.3 Å². The third-order valence-electron chi connectivity index (χ3n) is 3.54. The molecule has 1 aromatic heterocycles. The van der Waals surface area contributed by atoms with Crippen molar-refractivity contribution in [1.29, 1.82) is 0 Å². The van der Waals surface area contributed by atoms with E-state index in [1.165, 1.54) is 0 Å². The largest absolute Gasteiger partial charge is 0.492 e. The molecule has 2 aromatic rings. The molecular formula is C19H26N4O2. The van der Waals surface area contributed by atoms with E-state index in [0.29, 0.717) is 24.5 Å². The van der Waals surface area contributed by atoms with Crippen LogP contribution < -0.4 is 15.4 Å². The van der Waals surface area contributed by atoms with E-state index in [0.717, 1.165) is 24.4 Å². The average molecular weight is 342 g/mol. The smallest absolute Gasteiger partial charge is 0.251 e. The number of rotatable bonds is 9. The first-order chi connectivity index (χ1) is 12.1. The van der Waals surface area contributed by atoms with Crippen molar-refractivity contribution in [2.75, 3.05) is 39.1 Å². The third-order valence-corrected chi connectivity index (χ3v) is 3.54. The minimum atomic E-state index is -0.0951. The van der Waals surface area contributed by atoms with Gasteiger partial charge in [0.2, 0.25) is 0 Å². The molecule has 0 saturated carbocycles. The molecule has 0 aliphatic heterocycles.